The molecule has 0 amide bonds. The Morgan fingerprint density at radius 3 is 2.44 bits per heavy atom. The van der Waals surface area contributed by atoms with Crippen molar-refractivity contribution in [1.82, 2.24) is 0 Å². The number of benzene rings is 1. The molecule has 5 nitrogen and oxygen atoms in total. The van der Waals surface area contributed by atoms with Crippen LogP contribution in [0.4, 0.5) is 0 Å². The maximum Gasteiger partial charge on any atom is 0.343 e. The molecule has 168 valence electrons. The zero-order valence-electron chi connectivity index (χ0n) is 19.4. The normalized spacial score (nSPS) is 32.3. The van der Waals surface area contributed by atoms with Crippen molar-refractivity contribution in [3.05, 3.63) is 58.5 Å². The second-order valence-corrected chi connectivity index (χ2v) is 10.5. The summed E-state index contributed by atoms with van der Waals surface area (Å²) in [5.74, 6) is 2.32. The fraction of sp³-hybridized carbons (Fsp3) is 0.481. The number of ether oxygens (including phenoxy) is 2. The summed E-state index contributed by atoms with van der Waals surface area (Å²) in [5.41, 5.74) is -0.0278. The Morgan fingerprint density at radius 1 is 1.03 bits per heavy atom. The minimum atomic E-state index is -0.423. The summed E-state index contributed by atoms with van der Waals surface area (Å²) in [6.45, 7) is 8.49. The number of rotatable bonds is 2. The van der Waals surface area contributed by atoms with E-state index >= 15 is 0 Å². The van der Waals surface area contributed by atoms with Crippen molar-refractivity contribution in [2.75, 3.05) is 7.11 Å². The number of hydrogen-bond donors (Lipinski definition) is 0. The zero-order chi connectivity index (χ0) is 22.9. The van der Waals surface area contributed by atoms with Gasteiger partial charge in [-0.05, 0) is 67.9 Å². The highest BCUT2D eigenvalue weighted by Crippen LogP contribution is 2.61. The van der Waals surface area contributed by atoms with Gasteiger partial charge in [-0.15, -0.1) is 0 Å². The molecule has 3 aliphatic rings. The molecule has 1 aromatic heterocycles. The Labute approximate surface area is 188 Å². The van der Waals surface area contributed by atoms with Crippen molar-refractivity contribution in [1.29, 1.82) is 0 Å². The quantitative estimate of drug-likeness (QED) is 0.649. The molecular weight excluding hydrogens is 404 g/mol. The molecule has 0 bridgehead atoms. The van der Waals surface area contributed by atoms with E-state index in [4.69, 9.17) is 13.9 Å². The van der Waals surface area contributed by atoms with E-state index in [9.17, 15) is 9.59 Å². The van der Waals surface area contributed by atoms with Gasteiger partial charge in [-0.2, -0.15) is 0 Å². The first-order chi connectivity index (χ1) is 15.1. The molecular formula is C27H30O5. The Bertz CT molecular complexity index is 1170. The highest BCUT2D eigenvalue weighted by Gasteiger charge is 2.61. The Hall–Kier alpha value is -2.82. The number of hydrogen-bond acceptors (Lipinski definition) is 5. The number of ketones is 1. The van der Waals surface area contributed by atoms with Crippen LogP contribution in [-0.2, 0) is 11.2 Å². The lowest BCUT2D eigenvalue weighted by Crippen LogP contribution is -2.62. The van der Waals surface area contributed by atoms with E-state index in [1.54, 1.807) is 13.2 Å². The van der Waals surface area contributed by atoms with Crippen molar-refractivity contribution < 1.29 is 18.7 Å². The lowest BCUT2D eigenvalue weighted by molar-refractivity contribution is -0.148. The van der Waals surface area contributed by atoms with Crippen molar-refractivity contribution >= 4 is 5.78 Å². The van der Waals surface area contributed by atoms with E-state index in [0.717, 1.165) is 24.2 Å². The monoisotopic (exact) mass is 434 g/mol. The van der Waals surface area contributed by atoms with Crippen LogP contribution >= 0.6 is 0 Å². The van der Waals surface area contributed by atoms with Crippen molar-refractivity contribution in [3.8, 4) is 22.8 Å². The Morgan fingerprint density at radius 2 is 1.75 bits per heavy atom. The average molecular weight is 435 g/mol. The molecule has 5 rings (SSSR count). The summed E-state index contributed by atoms with van der Waals surface area (Å²) in [5, 5.41) is 0. The van der Waals surface area contributed by atoms with E-state index < -0.39 is 11.0 Å². The van der Waals surface area contributed by atoms with Crippen molar-refractivity contribution in [3.63, 3.8) is 0 Å². The fourth-order valence-corrected chi connectivity index (χ4v) is 6.51. The van der Waals surface area contributed by atoms with Crippen LogP contribution in [0.2, 0.25) is 0 Å². The summed E-state index contributed by atoms with van der Waals surface area (Å²) in [4.78, 5) is 25.7. The predicted molar refractivity (Wildman–Crippen MR) is 122 cm³/mol. The summed E-state index contributed by atoms with van der Waals surface area (Å²) < 4.78 is 17.6. The third-order valence-corrected chi connectivity index (χ3v) is 8.40. The second-order valence-electron chi connectivity index (χ2n) is 10.5. The SMILES string of the molecule is COc1ccc(-c2cc3c(c(=O)o2)CC2C(C)(CCC4C(C)(C)C(=O)C=CC24C)O3)cc1. The number of fused-ring (bicyclic) bond motifs is 4. The maximum absolute atomic E-state index is 13.1. The minimum absolute atomic E-state index is 0.0830. The van der Waals surface area contributed by atoms with Crippen LogP contribution in [-0.4, -0.2) is 18.5 Å². The average Bonchev–Trinajstić information content (AvgIpc) is 2.75. The van der Waals surface area contributed by atoms with Crippen molar-refractivity contribution in [2.24, 2.45) is 22.7 Å². The lowest BCUT2D eigenvalue weighted by Gasteiger charge is -2.60. The lowest BCUT2D eigenvalue weighted by atomic mass is 9.46. The molecule has 4 unspecified atom stereocenters. The summed E-state index contributed by atoms with van der Waals surface area (Å²) >= 11 is 0. The summed E-state index contributed by atoms with van der Waals surface area (Å²) in [7, 11) is 1.62. The smallest absolute Gasteiger partial charge is 0.343 e. The third kappa shape index (κ3) is 2.90. The number of carbonyl (C=O) groups excluding carboxylic acids is 1. The zero-order valence-corrected chi connectivity index (χ0v) is 19.4. The molecule has 0 N–H and O–H groups in total. The van der Waals surface area contributed by atoms with Crippen LogP contribution in [0.3, 0.4) is 0 Å². The molecule has 1 aliphatic heterocycles. The molecule has 1 saturated carbocycles. The van der Waals surface area contributed by atoms with Crippen LogP contribution in [0.15, 0.2) is 51.7 Å². The molecule has 1 aromatic carbocycles. The molecule has 5 heteroatoms. The molecule has 0 radical (unpaired) electrons. The summed E-state index contributed by atoms with van der Waals surface area (Å²) in [6, 6.07) is 9.27. The van der Waals surface area contributed by atoms with E-state index in [1.165, 1.54) is 0 Å². The molecule has 0 spiro atoms. The Balaban J connectivity index is 1.57. The molecule has 2 aromatic rings. The van der Waals surface area contributed by atoms with Gasteiger partial charge in [0, 0.05) is 23.0 Å². The fourth-order valence-electron chi connectivity index (χ4n) is 6.51. The first-order valence-corrected chi connectivity index (χ1v) is 11.3. The minimum Gasteiger partial charge on any atom is -0.497 e. The highest BCUT2D eigenvalue weighted by molar-refractivity contribution is 5.95. The Kier molecular flexibility index (Phi) is 4.50. The van der Waals surface area contributed by atoms with E-state index in [2.05, 4.69) is 33.8 Å². The van der Waals surface area contributed by atoms with Gasteiger partial charge < -0.3 is 13.9 Å². The number of methoxy groups -OCH3 is 1. The van der Waals surface area contributed by atoms with E-state index in [-0.39, 0.29) is 28.7 Å². The standard InChI is InChI=1S/C27H30O5/c1-25(2)21-10-13-27(4)22(26(21,3)12-11-23(25)28)14-18-20(32-27)15-19(31-24(18)29)16-6-8-17(30-5)9-7-16/h6-9,11-12,15,21-22H,10,13-14H2,1-5H3. The van der Waals surface area contributed by atoms with E-state index in [0.29, 0.717) is 23.5 Å². The van der Waals surface area contributed by atoms with Crippen LogP contribution < -0.4 is 15.1 Å². The van der Waals surface area contributed by atoms with Crippen LogP contribution in [0.25, 0.3) is 11.3 Å². The first-order valence-electron chi connectivity index (χ1n) is 11.3. The molecule has 2 aliphatic carbocycles. The molecule has 2 heterocycles. The largest absolute Gasteiger partial charge is 0.497 e. The van der Waals surface area contributed by atoms with Gasteiger partial charge in [-0.1, -0.05) is 26.8 Å². The molecule has 0 saturated heterocycles. The van der Waals surface area contributed by atoms with Gasteiger partial charge in [0.25, 0.3) is 0 Å². The van der Waals surface area contributed by atoms with Gasteiger partial charge in [0.1, 0.15) is 22.9 Å². The predicted octanol–water partition coefficient (Wildman–Crippen LogP) is 5.21. The maximum atomic E-state index is 13.1. The van der Waals surface area contributed by atoms with Gasteiger partial charge in [-0.3, -0.25) is 4.79 Å². The van der Waals surface area contributed by atoms with Gasteiger partial charge in [0.15, 0.2) is 5.78 Å². The first kappa shape index (κ1) is 21.0. The third-order valence-electron chi connectivity index (χ3n) is 8.40. The van der Waals surface area contributed by atoms with Gasteiger partial charge in [0.2, 0.25) is 0 Å². The van der Waals surface area contributed by atoms with Crippen LogP contribution in [0.1, 0.15) is 46.1 Å². The summed E-state index contributed by atoms with van der Waals surface area (Å²) in [6.07, 6.45) is 6.16. The van der Waals surface area contributed by atoms with Gasteiger partial charge in [0.05, 0.1) is 12.7 Å². The van der Waals surface area contributed by atoms with Gasteiger partial charge >= 0.3 is 5.63 Å². The van der Waals surface area contributed by atoms with Crippen LogP contribution in [0, 0.1) is 22.7 Å². The van der Waals surface area contributed by atoms with Crippen molar-refractivity contribution in [2.45, 2.75) is 52.6 Å². The van der Waals surface area contributed by atoms with Crippen LogP contribution in [0.5, 0.6) is 11.5 Å². The second kappa shape index (κ2) is 6.84. The van der Waals surface area contributed by atoms with E-state index in [1.807, 2.05) is 30.3 Å². The van der Waals surface area contributed by atoms with Gasteiger partial charge in [-0.25, -0.2) is 4.79 Å². The number of allylic oxidation sites excluding steroid dienone is 2. The topological polar surface area (TPSA) is 65.7 Å². The molecule has 1 fully saturated rings. The number of carbonyl (C=O) groups is 1. The molecule has 4 atom stereocenters. The highest BCUT2D eigenvalue weighted by atomic mass is 16.5. The molecule has 32 heavy (non-hydrogen) atoms.